The lowest BCUT2D eigenvalue weighted by Crippen LogP contribution is -2.38. The third-order valence-corrected chi connectivity index (χ3v) is 5.19. The first-order valence-electron chi connectivity index (χ1n) is 9.90. The largest absolute Gasteiger partial charge is 0.462 e. The Kier molecular flexibility index (Phi) is 6.23. The summed E-state index contributed by atoms with van der Waals surface area (Å²) in [6.07, 6.45) is 1.96. The van der Waals surface area contributed by atoms with E-state index in [-0.39, 0.29) is 18.5 Å². The second-order valence-corrected chi connectivity index (χ2v) is 7.64. The topological polar surface area (TPSA) is 94.2 Å². The number of halogens is 1. The number of anilines is 1. The van der Waals surface area contributed by atoms with Crippen LogP contribution in [0.3, 0.4) is 0 Å². The Balaban J connectivity index is 1.22. The minimum Gasteiger partial charge on any atom is -0.462 e. The van der Waals surface area contributed by atoms with Crippen molar-refractivity contribution >= 4 is 23.4 Å². The first kappa shape index (κ1) is 20.3. The molecule has 0 saturated carbocycles. The van der Waals surface area contributed by atoms with Gasteiger partial charge in [-0.15, -0.1) is 20.4 Å². The molecule has 0 amide bonds. The van der Waals surface area contributed by atoms with Crippen LogP contribution in [-0.4, -0.2) is 45.6 Å². The smallest absolute Gasteiger partial charge is 0.306 e. The lowest BCUT2D eigenvalue weighted by Gasteiger charge is -2.32. The van der Waals surface area contributed by atoms with Crippen LogP contribution in [0, 0.1) is 6.92 Å². The van der Waals surface area contributed by atoms with E-state index in [0.29, 0.717) is 23.4 Å². The van der Waals surface area contributed by atoms with Crippen molar-refractivity contribution in [2.24, 2.45) is 0 Å². The average Bonchev–Trinajstić information content (AvgIpc) is 3.23. The number of piperidine rings is 1. The molecule has 2 aromatic heterocycles. The van der Waals surface area contributed by atoms with Crippen molar-refractivity contribution in [2.75, 3.05) is 18.0 Å². The summed E-state index contributed by atoms with van der Waals surface area (Å²) >= 11 is 5.78. The summed E-state index contributed by atoms with van der Waals surface area (Å²) in [7, 11) is 0. The van der Waals surface area contributed by atoms with Crippen LogP contribution in [0.2, 0.25) is 5.15 Å². The van der Waals surface area contributed by atoms with Gasteiger partial charge in [0.1, 0.15) is 6.10 Å². The van der Waals surface area contributed by atoms with Crippen LogP contribution in [0.5, 0.6) is 0 Å². The van der Waals surface area contributed by atoms with Crippen LogP contribution in [-0.2, 0) is 16.0 Å². The number of benzene rings is 1. The predicted octanol–water partition coefficient (Wildman–Crippen LogP) is 3.63. The lowest BCUT2D eigenvalue weighted by atomic mass is 10.1. The second-order valence-electron chi connectivity index (χ2n) is 7.26. The van der Waals surface area contributed by atoms with E-state index in [1.165, 1.54) is 0 Å². The predicted molar refractivity (Wildman–Crippen MR) is 111 cm³/mol. The van der Waals surface area contributed by atoms with Gasteiger partial charge in [0.15, 0.2) is 11.0 Å². The number of esters is 1. The van der Waals surface area contributed by atoms with E-state index in [4.69, 9.17) is 20.8 Å². The Bertz CT molecular complexity index is 983. The summed E-state index contributed by atoms with van der Waals surface area (Å²) in [6.45, 7) is 3.51. The van der Waals surface area contributed by atoms with Gasteiger partial charge in [-0.3, -0.25) is 4.79 Å². The number of hydrogen-bond acceptors (Lipinski definition) is 8. The molecular weight excluding hydrogens is 406 g/mol. The minimum atomic E-state index is -0.255. The third kappa shape index (κ3) is 5.13. The Labute approximate surface area is 179 Å². The zero-order valence-electron chi connectivity index (χ0n) is 16.6. The Morgan fingerprint density at radius 1 is 1.10 bits per heavy atom. The number of aryl methyl sites for hydroxylation is 2. The molecule has 3 aromatic rings. The van der Waals surface area contributed by atoms with E-state index in [1.54, 1.807) is 6.07 Å². The molecule has 0 N–H and O–H groups in total. The van der Waals surface area contributed by atoms with Gasteiger partial charge in [-0.2, -0.15) is 0 Å². The van der Waals surface area contributed by atoms with Crippen molar-refractivity contribution in [3.8, 4) is 11.5 Å². The van der Waals surface area contributed by atoms with Crippen LogP contribution in [0.1, 0.15) is 30.7 Å². The van der Waals surface area contributed by atoms with E-state index < -0.39 is 0 Å². The summed E-state index contributed by atoms with van der Waals surface area (Å²) in [5.74, 6) is 1.41. The molecule has 0 unspecified atom stereocenters. The van der Waals surface area contributed by atoms with Gasteiger partial charge in [0.25, 0.3) is 0 Å². The highest BCUT2D eigenvalue weighted by Crippen LogP contribution is 2.21. The van der Waals surface area contributed by atoms with Crippen molar-refractivity contribution in [1.29, 1.82) is 0 Å². The van der Waals surface area contributed by atoms with Gasteiger partial charge < -0.3 is 14.1 Å². The second kappa shape index (κ2) is 9.21. The number of hydrogen-bond donors (Lipinski definition) is 0. The highest BCUT2D eigenvalue weighted by atomic mass is 35.5. The van der Waals surface area contributed by atoms with Crippen LogP contribution >= 0.6 is 11.6 Å². The summed E-state index contributed by atoms with van der Waals surface area (Å²) in [5, 5.41) is 16.4. The van der Waals surface area contributed by atoms with Gasteiger partial charge >= 0.3 is 5.97 Å². The molecule has 1 fully saturated rings. The molecule has 0 spiro atoms. The van der Waals surface area contributed by atoms with E-state index >= 15 is 0 Å². The maximum absolute atomic E-state index is 12.2. The molecule has 4 rings (SSSR count). The first-order chi connectivity index (χ1) is 14.6. The summed E-state index contributed by atoms with van der Waals surface area (Å²) in [5.41, 5.74) is 2.02. The van der Waals surface area contributed by atoms with Crippen LogP contribution in [0.15, 0.2) is 40.8 Å². The fraction of sp³-hybridized carbons (Fsp3) is 0.381. The SMILES string of the molecule is Cc1ccc(-c2nnc(CCC(=O)OC3CCN(c4ccc(Cl)nn4)CC3)o2)cc1. The maximum Gasteiger partial charge on any atom is 0.306 e. The van der Waals surface area contributed by atoms with Crippen molar-refractivity contribution in [1.82, 2.24) is 20.4 Å². The number of carbonyl (C=O) groups excluding carboxylic acids is 1. The van der Waals surface area contributed by atoms with E-state index in [0.717, 1.165) is 42.9 Å². The molecule has 0 atom stereocenters. The number of rotatable bonds is 6. The van der Waals surface area contributed by atoms with Gasteiger partial charge in [-0.1, -0.05) is 29.3 Å². The Morgan fingerprint density at radius 2 is 1.87 bits per heavy atom. The van der Waals surface area contributed by atoms with E-state index in [2.05, 4.69) is 25.3 Å². The Hall–Kier alpha value is -3.00. The monoisotopic (exact) mass is 427 g/mol. The summed E-state index contributed by atoms with van der Waals surface area (Å²) in [6, 6.07) is 11.4. The normalized spacial score (nSPS) is 14.7. The van der Waals surface area contributed by atoms with E-state index in [1.807, 2.05) is 37.3 Å². The summed E-state index contributed by atoms with van der Waals surface area (Å²) in [4.78, 5) is 14.3. The zero-order valence-corrected chi connectivity index (χ0v) is 17.4. The average molecular weight is 428 g/mol. The van der Waals surface area contributed by atoms with Crippen molar-refractivity contribution < 1.29 is 13.9 Å². The van der Waals surface area contributed by atoms with Crippen molar-refractivity contribution in [2.45, 2.75) is 38.7 Å². The van der Waals surface area contributed by atoms with Gasteiger partial charge in [-0.25, -0.2) is 0 Å². The van der Waals surface area contributed by atoms with Crippen LogP contribution < -0.4 is 4.90 Å². The molecule has 0 radical (unpaired) electrons. The number of aromatic nitrogens is 4. The minimum absolute atomic E-state index is 0.0974. The van der Waals surface area contributed by atoms with Gasteiger partial charge in [0.05, 0.1) is 6.42 Å². The fourth-order valence-corrected chi connectivity index (χ4v) is 3.40. The highest BCUT2D eigenvalue weighted by molar-refractivity contribution is 6.29. The number of carbonyl (C=O) groups is 1. The van der Waals surface area contributed by atoms with Crippen molar-refractivity contribution in [3.05, 3.63) is 53.0 Å². The van der Waals surface area contributed by atoms with Crippen LogP contribution in [0.25, 0.3) is 11.5 Å². The third-order valence-electron chi connectivity index (χ3n) is 4.99. The zero-order chi connectivity index (χ0) is 20.9. The Morgan fingerprint density at radius 3 is 2.57 bits per heavy atom. The van der Waals surface area contributed by atoms with E-state index in [9.17, 15) is 4.79 Å². The molecule has 1 aliphatic rings. The van der Waals surface area contributed by atoms with Crippen LogP contribution in [0.4, 0.5) is 5.82 Å². The van der Waals surface area contributed by atoms with Gasteiger partial charge in [-0.05, 0) is 31.2 Å². The molecule has 3 heterocycles. The van der Waals surface area contributed by atoms with Crippen molar-refractivity contribution in [3.63, 3.8) is 0 Å². The van der Waals surface area contributed by atoms with Gasteiger partial charge in [0, 0.05) is 37.9 Å². The van der Waals surface area contributed by atoms with Gasteiger partial charge in [0.2, 0.25) is 11.8 Å². The molecule has 0 aliphatic carbocycles. The molecule has 1 aliphatic heterocycles. The lowest BCUT2D eigenvalue weighted by molar-refractivity contribution is -0.150. The standard InChI is InChI=1S/C21H22ClN5O3/c1-14-2-4-15(5-3-14)21-26-25-19(30-21)8-9-20(28)29-16-10-12-27(13-11-16)18-7-6-17(22)23-24-18/h2-7,16H,8-13H2,1H3. The molecule has 0 bridgehead atoms. The first-order valence-corrected chi connectivity index (χ1v) is 10.3. The fourth-order valence-electron chi connectivity index (χ4n) is 3.30. The maximum atomic E-state index is 12.2. The highest BCUT2D eigenvalue weighted by Gasteiger charge is 2.23. The molecule has 156 valence electrons. The molecular formula is C21H22ClN5O3. The summed E-state index contributed by atoms with van der Waals surface area (Å²) < 4.78 is 11.3. The molecule has 1 aromatic carbocycles. The number of nitrogens with zero attached hydrogens (tertiary/aromatic N) is 5. The molecule has 9 heteroatoms. The molecule has 8 nitrogen and oxygen atoms in total. The quantitative estimate of drug-likeness (QED) is 0.550. The molecule has 1 saturated heterocycles. The number of ether oxygens (including phenoxy) is 1. The molecule has 30 heavy (non-hydrogen) atoms.